The van der Waals surface area contributed by atoms with Gasteiger partial charge in [0, 0.05) is 31.2 Å². The molecular weight excluding hydrogens is 504 g/mol. The van der Waals surface area contributed by atoms with Crippen molar-refractivity contribution in [1.29, 1.82) is 0 Å². The van der Waals surface area contributed by atoms with Crippen molar-refractivity contribution in [2.45, 2.75) is 18.9 Å². The standard InChI is InChI=1S/C29H29ClN4O4/c1-29(20-7-9-23(38-3)10-8-20)27(35)26-24(33-13-11-32(2)12-14-33)16-21(30)17-25(26)34(28(29)36)18-19-5-4-6-22(15-19)31-37/h4-10,15-17H,11-14,18H2,1-3H3. The van der Waals surface area contributed by atoms with Gasteiger partial charge in [0.25, 0.3) is 0 Å². The van der Waals surface area contributed by atoms with Crippen LogP contribution in [-0.4, -0.2) is 56.9 Å². The predicted molar refractivity (Wildman–Crippen MR) is 149 cm³/mol. The van der Waals surface area contributed by atoms with Gasteiger partial charge in [-0.1, -0.05) is 35.9 Å². The Morgan fingerprint density at radius 2 is 1.66 bits per heavy atom. The molecule has 2 aliphatic heterocycles. The zero-order chi connectivity index (χ0) is 27.0. The summed E-state index contributed by atoms with van der Waals surface area (Å²) in [7, 11) is 3.64. The fourth-order valence-corrected chi connectivity index (χ4v) is 5.48. The minimum absolute atomic E-state index is 0.150. The number of fused-ring (bicyclic) bond motifs is 1. The van der Waals surface area contributed by atoms with Gasteiger partial charge in [0.1, 0.15) is 16.9 Å². The summed E-state index contributed by atoms with van der Waals surface area (Å²) in [6, 6.07) is 17.3. The van der Waals surface area contributed by atoms with Gasteiger partial charge in [-0.3, -0.25) is 9.59 Å². The first-order valence-corrected chi connectivity index (χ1v) is 12.8. The normalized spacial score (nSPS) is 19.9. The molecule has 0 aromatic heterocycles. The third kappa shape index (κ3) is 4.44. The predicted octanol–water partition coefficient (Wildman–Crippen LogP) is 5.19. The molecule has 0 aliphatic carbocycles. The second kappa shape index (κ2) is 10.2. The third-order valence-corrected chi connectivity index (χ3v) is 7.79. The number of ketones is 1. The van der Waals surface area contributed by atoms with E-state index in [1.54, 1.807) is 67.5 Å². The minimum Gasteiger partial charge on any atom is -0.497 e. The summed E-state index contributed by atoms with van der Waals surface area (Å²) in [6.45, 7) is 4.99. The van der Waals surface area contributed by atoms with E-state index in [2.05, 4.69) is 22.0 Å². The Bertz CT molecular complexity index is 1400. The lowest BCUT2D eigenvalue weighted by atomic mass is 9.71. The van der Waals surface area contributed by atoms with E-state index in [0.717, 1.165) is 31.9 Å². The number of nitroso groups, excluding NO2 is 1. The highest BCUT2D eigenvalue weighted by Gasteiger charge is 2.52. The molecule has 8 nitrogen and oxygen atoms in total. The lowest BCUT2D eigenvalue weighted by Crippen LogP contribution is -2.55. The number of Topliss-reactive ketones (excluding diaryl/α,β-unsaturated/α-hetero) is 1. The number of nitrogens with zero attached hydrogens (tertiary/aromatic N) is 4. The van der Waals surface area contributed by atoms with Crippen LogP contribution in [0.25, 0.3) is 0 Å². The van der Waals surface area contributed by atoms with E-state index >= 15 is 0 Å². The van der Waals surface area contributed by atoms with Crippen LogP contribution >= 0.6 is 11.6 Å². The zero-order valence-electron chi connectivity index (χ0n) is 21.6. The van der Waals surface area contributed by atoms with Crippen LogP contribution in [0.1, 0.15) is 28.4 Å². The van der Waals surface area contributed by atoms with Gasteiger partial charge in [-0.25, -0.2) is 0 Å². The number of likely N-dealkylation sites (N-methyl/N-ethyl adjacent to an activating group) is 1. The van der Waals surface area contributed by atoms with E-state index in [-0.39, 0.29) is 23.9 Å². The van der Waals surface area contributed by atoms with E-state index in [4.69, 9.17) is 16.3 Å². The maximum absolute atomic E-state index is 14.4. The van der Waals surface area contributed by atoms with Crippen LogP contribution in [0.5, 0.6) is 5.75 Å². The first-order chi connectivity index (χ1) is 18.3. The van der Waals surface area contributed by atoms with Gasteiger partial charge in [0.05, 0.1) is 30.6 Å². The van der Waals surface area contributed by atoms with Gasteiger partial charge >= 0.3 is 0 Å². The van der Waals surface area contributed by atoms with Gasteiger partial charge < -0.3 is 19.4 Å². The SMILES string of the molecule is COc1ccc(C2(C)C(=O)c3c(N4CCN(C)CC4)cc(Cl)cc3N(Cc3cccc(N=O)c3)C2=O)cc1. The molecule has 0 N–H and O–H groups in total. The number of carbonyl (C=O) groups excluding carboxylic acids is 2. The fraction of sp³-hybridized carbons (Fsp3) is 0.310. The number of carbonyl (C=O) groups is 2. The molecule has 2 aliphatic rings. The molecule has 196 valence electrons. The topological polar surface area (TPSA) is 82.5 Å². The van der Waals surface area contributed by atoms with Gasteiger partial charge in [-0.2, -0.15) is 0 Å². The molecule has 5 rings (SSSR count). The highest BCUT2D eigenvalue weighted by atomic mass is 35.5. The Hall–Kier alpha value is -3.75. The van der Waals surface area contributed by atoms with E-state index in [0.29, 0.717) is 33.1 Å². The number of rotatable bonds is 6. The van der Waals surface area contributed by atoms with E-state index in [1.807, 2.05) is 12.1 Å². The zero-order valence-corrected chi connectivity index (χ0v) is 22.4. The lowest BCUT2D eigenvalue weighted by Gasteiger charge is -2.43. The molecule has 2 heterocycles. The van der Waals surface area contributed by atoms with Crippen LogP contribution in [0.2, 0.25) is 5.02 Å². The highest BCUT2D eigenvalue weighted by molar-refractivity contribution is 6.34. The molecule has 1 amide bonds. The average molecular weight is 533 g/mol. The Morgan fingerprint density at radius 3 is 2.32 bits per heavy atom. The Balaban J connectivity index is 1.70. The molecule has 1 saturated heterocycles. The molecule has 3 aromatic rings. The molecule has 3 aromatic carbocycles. The van der Waals surface area contributed by atoms with Crippen molar-refractivity contribution in [1.82, 2.24) is 4.90 Å². The van der Waals surface area contributed by atoms with Crippen LogP contribution in [0.4, 0.5) is 17.1 Å². The Labute approximate surface area is 226 Å². The quantitative estimate of drug-likeness (QED) is 0.321. The summed E-state index contributed by atoms with van der Waals surface area (Å²) in [5, 5.41) is 3.48. The number of ether oxygens (including phenoxy) is 1. The molecule has 1 fully saturated rings. The summed E-state index contributed by atoms with van der Waals surface area (Å²) in [5.41, 5.74) is 1.75. The second-order valence-corrected chi connectivity index (χ2v) is 10.4. The first-order valence-electron chi connectivity index (χ1n) is 12.5. The van der Waals surface area contributed by atoms with Crippen molar-refractivity contribution in [3.63, 3.8) is 0 Å². The molecule has 9 heteroatoms. The monoisotopic (exact) mass is 532 g/mol. The van der Waals surface area contributed by atoms with Crippen molar-refractivity contribution in [3.8, 4) is 5.75 Å². The summed E-state index contributed by atoms with van der Waals surface area (Å²) in [5.74, 6) is -0.00237. The maximum Gasteiger partial charge on any atom is 0.245 e. The van der Waals surface area contributed by atoms with Crippen LogP contribution in [-0.2, 0) is 16.8 Å². The summed E-state index contributed by atoms with van der Waals surface area (Å²) >= 11 is 6.61. The summed E-state index contributed by atoms with van der Waals surface area (Å²) < 4.78 is 5.30. The minimum atomic E-state index is -1.48. The lowest BCUT2D eigenvalue weighted by molar-refractivity contribution is -0.122. The molecule has 38 heavy (non-hydrogen) atoms. The van der Waals surface area contributed by atoms with E-state index < -0.39 is 5.41 Å². The van der Waals surface area contributed by atoms with Crippen LogP contribution in [0.15, 0.2) is 65.8 Å². The third-order valence-electron chi connectivity index (χ3n) is 7.57. The molecule has 0 bridgehead atoms. The largest absolute Gasteiger partial charge is 0.497 e. The molecule has 0 saturated carbocycles. The average Bonchev–Trinajstić information content (AvgIpc) is 2.94. The second-order valence-electron chi connectivity index (χ2n) is 9.94. The Kier molecular flexibility index (Phi) is 6.94. The molecule has 0 radical (unpaired) electrons. The van der Waals surface area contributed by atoms with Crippen molar-refractivity contribution in [2.24, 2.45) is 5.18 Å². The number of amides is 1. The van der Waals surface area contributed by atoms with Gasteiger partial charge in [0.15, 0.2) is 5.78 Å². The highest BCUT2D eigenvalue weighted by Crippen LogP contribution is 2.46. The summed E-state index contributed by atoms with van der Waals surface area (Å²) in [6.07, 6.45) is 0. The van der Waals surface area contributed by atoms with E-state index in [1.165, 1.54) is 0 Å². The number of halogens is 1. The first kappa shape index (κ1) is 25.9. The smallest absolute Gasteiger partial charge is 0.245 e. The van der Waals surface area contributed by atoms with Crippen molar-refractivity contribution in [2.75, 3.05) is 50.1 Å². The Morgan fingerprint density at radius 1 is 0.974 bits per heavy atom. The number of piperazine rings is 1. The molecule has 1 atom stereocenters. The number of methoxy groups -OCH3 is 1. The van der Waals surface area contributed by atoms with Crippen molar-refractivity contribution in [3.05, 3.63) is 87.3 Å². The summed E-state index contributed by atoms with van der Waals surface area (Å²) in [4.78, 5) is 45.9. The fourth-order valence-electron chi connectivity index (χ4n) is 5.28. The molecular formula is C29H29ClN4O4. The number of hydrogen-bond acceptors (Lipinski definition) is 7. The van der Waals surface area contributed by atoms with Gasteiger partial charge in [0.2, 0.25) is 5.91 Å². The van der Waals surface area contributed by atoms with E-state index in [9.17, 15) is 14.5 Å². The van der Waals surface area contributed by atoms with Crippen LogP contribution in [0.3, 0.4) is 0 Å². The molecule has 1 unspecified atom stereocenters. The van der Waals surface area contributed by atoms with Gasteiger partial charge in [-0.05, 0) is 66.7 Å². The van der Waals surface area contributed by atoms with Crippen LogP contribution < -0.4 is 14.5 Å². The van der Waals surface area contributed by atoms with Gasteiger partial charge in [-0.15, -0.1) is 4.91 Å². The number of hydrogen-bond donors (Lipinski definition) is 0. The van der Waals surface area contributed by atoms with Crippen LogP contribution in [0, 0.1) is 4.91 Å². The number of benzene rings is 3. The van der Waals surface area contributed by atoms with Crippen molar-refractivity contribution >= 4 is 40.4 Å². The van der Waals surface area contributed by atoms with Crippen molar-refractivity contribution < 1.29 is 14.3 Å². The molecule has 0 spiro atoms. The maximum atomic E-state index is 14.4. The number of anilines is 2.